The van der Waals surface area contributed by atoms with Gasteiger partial charge in [0.1, 0.15) is 0 Å². The first-order valence-corrected chi connectivity index (χ1v) is 8.09. The van der Waals surface area contributed by atoms with Crippen molar-refractivity contribution in [3.05, 3.63) is 34.5 Å². The number of rotatable bonds is 2. The number of nitrogens with zero attached hydrogens (tertiary/aromatic N) is 2. The molecule has 2 aliphatic heterocycles. The van der Waals surface area contributed by atoms with Crippen LogP contribution < -0.4 is 5.32 Å². The third kappa shape index (κ3) is 2.58. The lowest BCUT2D eigenvalue weighted by atomic mass is 10.0. The summed E-state index contributed by atoms with van der Waals surface area (Å²) in [5.41, 5.74) is 3.49. The van der Waals surface area contributed by atoms with Gasteiger partial charge in [-0.05, 0) is 23.8 Å². The number of benzene rings is 1. The monoisotopic (exact) mass is 332 g/mol. The van der Waals surface area contributed by atoms with Gasteiger partial charge in [0.05, 0.1) is 6.54 Å². The second-order valence-electron chi connectivity index (χ2n) is 6.01. The highest BCUT2D eigenvalue weighted by Crippen LogP contribution is 2.29. The van der Waals surface area contributed by atoms with Gasteiger partial charge in [0.2, 0.25) is 5.91 Å². The summed E-state index contributed by atoms with van der Waals surface area (Å²) in [6.45, 7) is 2.75. The summed E-state index contributed by atoms with van der Waals surface area (Å²) in [4.78, 5) is 30.7. The van der Waals surface area contributed by atoms with Gasteiger partial charge in [0.15, 0.2) is 0 Å². The lowest BCUT2D eigenvalue weighted by Crippen LogP contribution is -2.43. The molecular formula is C16H17ClN4O2. The summed E-state index contributed by atoms with van der Waals surface area (Å²) >= 11 is 6.11. The number of carbonyl (C=O) groups excluding carboxylic acids is 2. The smallest absolute Gasteiger partial charge is 0.324 e. The minimum atomic E-state index is -0.286. The van der Waals surface area contributed by atoms with E-state index in [1.54, 1.807) is 0 Å². The zero-order valence-electron chi connectivity index (χ0n) is 12.6. The molecule has 6 nitrogen and oxygen atoms in total. The van der Waals surface area contributed by atoms with Crippen molar-refractivity contribution in [2.75, 3.05) is 26.2 Å². The quantitative estimate of drug-likeness (QED) is 0.880. The van der Waals surface area contributed by atoms with Gasteiger partial charge in [-0.3, -0.25) is 14.6 Å². The first-order valence-electron chi connectivity index (χ1n) is 7.71. The highest BCUT2D eigenvalue weighted by atomic mass is 35.5. The molecule has 2 N–H and O–H groups in total. The SMILES string of the molecule is O=C(CN1CCc2[nH]c3ccc(Cl)cc3c2C1)N1CCNC1=O. The van der Waals surface area contributed by atoms with E-state index >= 15 is 0 Å². The largest absolute Gasteiger partial charge is 0.358 e. The maximum Gasteiger partial charge on any atom is 0.324 e. The van der Waals surface area contributed by atoms with Gasteiger partial charge in [-0.1, -0.05) is 11.6 Å². The topological polar surface area (TPSA) is 68.4 Å². The second-order valence-corrected chi connectivity index (χ2v) is 6.45. The molecule has 23 heavy (non-hydrogen) atoms. The van der Waals surface area contributed by atoms with Gasteiger partial charge in [0.25, 0.3) is 0 Å². The van der Waals surface area contributed by atoms with Crippen LogP contribution in [0.4, 0.5) is 4.79 Å². The van der Waals surface area contributed by atoms with E-state index in [0.29, 0.717) is 24.7 Å². The lowest BCUT2D eigenvalue weighted by Gasteiger charge is -2.27. The number of aromatic nitrogens is 1. The number of urea groups is 1. The van der Waals surface area contributed by atoms with E-state index in [-0.39, 0.29) is 18.5 Å². The molecule has 0 spiro atoms. The van der Waals surface area contributed by atoms with Crippen molar-refractivity contribution in [3.8, 4) is 0 Å². The van der Waals surface area contributed by atoms with E-state index in [1.807, 2.05) is 18.2 Å². The number of imide groups is 1. The van der Waals surface area contributed by atoms with Crippen LogP contribution in [0.25, 0.3) is 10.9 Å². The molecule has 0 saturated carbocycles. The van der Waals surface area contributed by atoms with Gasteiger partial charge < -0.3 is 10.3 Å². The van der Waals surface area contributed by atoms with Crippen molar-refractivity contribution in [1.29, 1.82) is 0 Å². The molecule has 4 rings (SSSR count). The summed E-state index contributed by atoms with van der Waals surface area (Å²) < 4.78 is 0. The number of halogens is 1. The van der Waals surface area contributed by atoms with E-state index in [4.69, 9.17) is 11.6 Å². The third-order valence-electron chi connectivity index (χ3n) is 4.53. The number of hydrogen-bond donors (Lipinski definition) is 2. The second kappa shape index (κ2) is 5.54. The fraction of sp³-hybridized carbons (Fsp3) is 0.375. The Hall–Kier alpha value is -2.05. The van der Waals surface area contributed by atoms with Crippen molar-refractivity contribution in [2.24, 2.45) is 0 Å². The standard InChI is InChI=1S/C16H17ClN4O2/c17-10-1-2-13-11(7-10)12-8-20(5-3-14(12)19-13)9-15(22)21-6-4-18-16(21)23/h1-2,7,19H,3-6,8-9H2,(H,18,23). The molecule has 1 fully saturated rings. The van der Waals surface area contributed by atoms with Gasteiger partial charge in [0, 0.05) is 54.2 Å². The average molecular weight is 333 g/mol. The Morgan fingerprint density at radius 1 is 1.30 bits per heavy atom. The Balaban J connectivity index is 1.54. The van der Waals surface area contributed by atoms with Crippen molar-refractivity contribution < 1.29 is 9.59 Å². The summed E-state index contributed by atoms with van der Waals surface area (Å²) in [6, 6.07) is 5.54. The Morgan fingerprint density at radius 2 is 2.17 bits per heavy atom. The summed E-state index contributed by atoms with van der Waals surface area (Å²) in [5.74, 6) is -0.138. The Kier molecular flexibility index (Phi) is 3.50. The maximum atomic E-state index is 12.3. The lowest BCUT2D eigenvalue weighted by molar-refractivity contribution is -0.129. The Morgan fingerprint density at radius 3 is 2.96 bits per heavy atom. The van der Waals surface area contributed by atoms with Crippen molar-refractivity contribution in [3.63, 3.8) is 0 Å². The third-order valence-corrected chi connectivity index (χ3v) is 4.77. The molecule has 3 heterocycles. The molecule has 2 aromatic rings. The van der Waals surface area contributed by atoms with Crippen LogP contribution in [0.1, 0.15) is 11.3 Å². The van der Waals surface area contributed by atoms with Crippen molar-refractivity contribution in [1.82, 2.24) is 20.1 Å². The van der Waals surface area contributed by atoms with E-state index in [9.17, 15) is 9.59 Å². The summed E-state index contributed by atoms with van der Waals surface area (Å²) in [5, 5.41) is 4.48. The first kappa shape index (κ1) is 14.5. The molecule has 0 aliphatic carbocycles. The summed E-state index contributed by atoms with van der Waals surface area (Å²) in [6.07, 6.45) is 0.862. The predicted molar refractivity (Wildman–Crippen MR) is 87.4 cm³/mol. The zero-order chi connectivity index (χ0) is 16.0. The number of nitrogens with one attached hydrogen (secondary N) is 2. The van der Waals surface area contributed by atoms with Crippen LogP contribution in [0.5, 0.6) is 0 Å². The minimum Gasteiger partial charge on any atom is -0.358 e. The number of H-pyrrole nitrogens is 1. The van der Waals surface area contributed by atoms with E-state index in [1.165, 1.54) is 16.2 Å². The highest BCUT2D eigenvalue weighted by Gasteiger charge is 2.29. The molecule has 1 aromatic heterocycles. The molecule has 0 atom stereocenters. The minimum absolute atomic E-state index is 0.138. The number of aromatic amines is 1. The number of fused-ring (bicyclic) bond motifs is 3. The van der Waals surface area contributed by atoms with Crippen LogP contribution in [0, 0.1) is 0 Å². The molecular weight excluding hydrogens is 316 g/mol. The molecule has 1 aromatic carbocycles. The first-order chi connectivity index (χ1) is 11.1. The Bertz CT molecular complexity index is 801. The van der Waals surface area contributed by atoms with E-state index in [2.05, 4.69) is 15.2 Å². The van der Waals surface area contributed by atoms with Gasteiger partial charge in [-0.25, -0.2) is 4.79 Å². The van der Waals surface area contributed by atoms with E-state index < -0.39 is 0 Å². The van der Waals surface area contributed by atoms with Crippen LogP contribution >= 0.6 is 11.6 Å². The van der Waals surface area contributed by atoms with E-state index in [0.717, 1.165) is 23.9 Å². The number of amides is 3. The Labute approximate surface area is 138 Å². The molecule has 3 amide bonds. The van der Waals surface area contributed by atoms with Gasteiger partial charge >= 0.3 is 6.03 Å². The fourth-order valence-corrected chi connectivity index (χ4v) is 3.54. The highest BCUT2D eigenvalue weighted by molar-refractivity contribution is 6.31. The van der Waals surface area contributed by atoms with Crippen LogP contribution in [-0.2, 0) is 17.8 Å². The molecule has 2 aliphatic rings. The molecule has 0 bridgehead atoms. The molecule has 0 unspecified atom stereocenters. The average Bonchev–Trinajstić information content (AvgIpc) is 3.10. The molecule has 1 saturated heterocycles. The fourth-order valence-electron chi connectivity index (χ4n) is 3.36. The number of carbonyl (C=O) groups is 2. The molecule has 120 valence electrons. The zero-order valence-corrected chi connectivity index (χ0v) is 13.3. The van der Waals surface area contributed by atoms with Crippen molar-refractivity contribution >= 4 is 34.4 Å². The number of hydrogen-bond acceptors (Lipinski definition) is 3. The molecule has 7 heteroatoms. The molecule has 0 radical (unpaired) electrons. The van der Waals surface area contributed by atoms with Crippen molar-refractivity contribution in [2.45, 2.75) is 13.0 Å². The normalized spacial score (nSPS) is 18.3. The van der Waals surface area contributed by atoms with Gasteiger partial charge in [-0.2, -0.15) is 0 Å². The van der Waals surface area contributed by atoms with Crippen LogP contribution in [0.2, 0.25) is 5.02 Å². The summed E-state index contributed by atoms with van der Waals surface area (Å²) in [7, 11) is 0. The maximum absolute atomic E-state index is 12.3. The van der Waals surface area contributed by atoms with Gasteiger partial charge in [-0.15, -0.1) is 0 Å². The van der Waals surface area contributed by atoms with Crippen LogP contribution in [0.3, 0.4) is 0 Å². The predicted octanol–water partition coefficient (Wildman–Crippen LogP) is 1.73. The van der Waals surface area contributed by atoms with Crippen LogP contribution in [-0.4, -0.2) is 52.9 Å². The van der Waals surface area contributed by atoms with Crippen LogP contribution in [0.15, 0.2) is 18.2 Å².